The standard InChI is InChI=1S/C16H28O/c1-13(2)7-6-8-14(3)9-10-15(4)16(5)11-12-17/h7,9,11,15,17H,6,8,10,12H2,1-5H3. The molecule has 1 atom stereocenters. The molecule has 1 unspecified atom stereocenters. The lowest BCUT2D eigenvalue weighted by molar-refractivity contribution is 0.340. The van der Waals surface area contributed by atoms with Crippen LogP contribution in [0.25, 0.3) is 0 Å². The van der Waals surface area contributed by atoms with Gasteiger partial charge in [0.15, 0.2) is 0 Å². The van der Waals surface area contributed by atoms with Crippen molar-refractivity contribution in [3.05, 3.63) is 34.9 Å². The third kappa shape index (κ3) is 8.93. The predicted molar refractivity (Wildman–Crippen MR) is 77.0 cm³/mol. The van der Waals surface area contributed by atoms with Gasteiger partial charge in [-0.05, 0) is 52.9 Å². The summed E-state index contributed by atoms with van der Waals surface area (Å²) < 4.78 is 0. The third-order valence-electron chi connectivity index (χ3n) is 3.10. The first-order chi connectivity index (χ1) is 7.97. The summed E-state index contributed by atoms with van der Waals surface area (Å²) in [6.07, 6.45) is 9.89. The summed E-state index contributed by atoms with van der Waals surface area (Å²) in [6, 6.07) is 0. The number of allylic oxidation sites excluding steroid dienone is 5. The minimum absolute atomic E-state index is 0.152. The lowest BCUT2D eigenvalue weighted by atomic mass is 9.97. The first-order valence-electron chi connectivity index (χ1n) is 6.53. The van der Waals surface area contributed by atoms with Crippen LogP contribution in [0.15, 0.2) is 34.9 Å². The molecule has 0 aliphatic rings. The first-order valence-corrected chi connectivity index (χ1v) is 6.53. The molecule has 1 heteroatoms. The van der Waals surface area contributed by atoms with Crippen LogP contribution in [-0.2, 0) is 0 Å². The van der Waals surface area contributed by atoms with Crippen molar-refractivity contribution in [1.29, 1.82) is 0 Å². The van der Waals surface area contributed by atoms with Crippen LogP contribution < -0.4 is 0 Å². The van der Waals surface area contributed by atoms with Gasteiger partial charge in [-0.1, -0.05) is 41.9 Å². The Hall–Kier alpha value is -0.820. The van der Waals surface area contributed by atoms with Gasteiger partial charge in [0.05, 0.1) is 6.61 Å². The summed E-state index contributed by atoms with van der Waals surface area (Å²) in [5, 5.41) is 8.83. The van der Waals surface area contributed by atoms with Gasteiger partial charge in [0, 0.05) is 0 Å². The Balaban J connectivity index is 4.06. The average Bonchev–Trinajstić information content (AvgIpc) is 2.25. The van der Waals surface area contributed by atoms with Gasteiger partial charge < -0.3 is 5.11 Å². The van der Waals surface area contributed by atoms with Crippen molar-refractivity contribution in [3.8, 4) is 0 Å². The normalized spacial score (nSPS) is 14.7. The Morgan fingerprint density at radius 2 is 1.71 bits per heavy atom. The molecule has 98 valence electrons. The minimum Gasteiger partial charge on any atom is -0.392 e. The minimum atomic E-state index is 0.152. The van der Waals surface area contributed by atoms with Gasteiger partial charge in [-0.15, -0.1) is 0 Å². The van der Waals surface area contributed by atoms with Crippen molar-refractivity contribution in [2.24, 2.45) is 5.92 Å². The summed E-state index contributed by atoms with van der Waals surface area (Å²) in [4.78, 5) is 0. The molecule has 17 heavy (non-hydrogen) atoms. The molecule has 0 aliphatic heterocycles. The maximum Gasteiger partial charge on any atom is 0.0615 e. The molecule has 1 nitrogen and oxygen atoms in total. The van der Waals surface area contributed by atoms with Crippen molar-refractivity contribution >= 4 is 0 Å². The number of hydrogen-bond donors (Lipinski definition) is 1. The molecule has 0 saturated heterocycles. The highest BCUT2D eigenvalue weighted by atomic mass is 16.2. The second-order valence-electron chi connectivity index (χ2n) is 5.14. The van der Waals surface area contributed by atoms with E-state index in [1.165, 1.54) is 16.7 Å². The van der Waals surface area contributed by atoms with Crippen LogP contribution in [0, 0.1) is 5.92 Å². The van der Waals surface area contributed by atoms with E-state index >= 15 is 0 Å². The molecular weight excluding hydrogens is 208 g/mol. The van der Waals surface area contributed by atoms with E-state index in [0.717, 1.165) is 19.3 Å². The van der Waals surface area contributed by atoms with E-state index in [4.69, 9.17) is 5.11 Å². The maximum absolute atomic E-state index is 8.83. The molecule has 0 aromatic carbocycles. The topological polar surface area (TPSA) is 20.2 Å². The van der Waals surface area contributed by atoms with E-state index in [1.54, 1.807) is 0 Å². The van der Waals surface area contributed by atoms with Crippen LogP contribution in [0.3, 0.4) is 0 Å². The molecule has 0 fully saturated rings. The van der Waals surface area contributed by atoms with E-state index in [1.807, 2.05) is 6.08 Å². The molecule has 0 amide bonds. The highest BCUT2D eigenvalue weighted by Crippen LogP contribution is 2.17. The van der Waals surface area contributed by atoms with Gasteiger partial charge >= 0.3 is 0 Å². The van der Waals surface area contributed by atoms with E-state index in [9.17, 15) is 0 Å². The summed E-state index contributed by atoms with van der Waals surface area (Å²) in [6.45, 7) is 10.9. The van der Waals surface area contributed by atoms with Crippen LogP contribution in [0.2, 0.25) is 0 Å². The summed E-state index contributed by atoms with van der Waals surface area (Å²) >= 11 is 0. The zero-order valence-corrected chi connectivity index (χ0v) is 12.1. The fourth-order valence-corrected chi connectivity index (χ4v) is 1.60. The van der Waals surface area contributed by atoms with E-state index < -0.39 is 0 Å². The molecule has 0 radical (unpaired) electrons. The maximum atomic E-state index is 8.83. The summed E-state index contributed by atoms with van der Waals surface area (Å²) in [7, 11) is 0. The highest BCUT2D eigenvalue weighted by molar-refractivity contribution is 5.08. The molecule has 0 aromatic heterocycles. The van der Waals surface area contributed by atoms with Crippen LogP contribution in [-0.4, -0.2) is 11.7 Å². The van der Waals surface area contributed by atoms with Gasteiger partial charge in [0.2, 0.25) is 0 Å². The predicted octanol–water partition coefficient (Wildman–Crippen LogP) is 4.64. The number of aliphatic hydroxyl groups is 1. The van der Waals surface area contributed by atoms with Crippen molar-refractivity contribution in [2.45, 2.75) is 53.9 Å². The molecule has 1 N–H and O–H groups in total. The molecule has 0 rings (SSSR count). The Morgan fingerprint density at radius 1 is 1.06 bits per heavy atom. The van der Waals surface area contributed by atoms with Crippen LogP contribution in [0.1, 0.15) is 53.9 Å². The summed E-state index contributed by atoms with van der Waals surface area (Å²) in [5.74, 6) is 0.528. The number of hydrogen-bond acceptors (Lipinski definition) is 1. The SMILES string of the molecule is CC(C)=CCCC(C)=CCC(C)C(C)=CCO. The third-order valence-corrected chi connectivity index (χ3v) is 3.10. The lowest BCUT2D eigenvalue weighted by Crippen LogP contribution is -1.96. The zero-order valence-electron chi connectivity index (χ0n) is 12.1. The molecular formula is C16H28O. The van der Waals surface area contributed by atoms with Crippen LogP contribution in [0.5, 0.6) is 0 Å². The lowest BCUT2D eigenvalue weighted by Gasteiger charge is -2.10. The molecule has 0 aliphatic carbocycles. The van der Waals surface area contributed by atoms with Gasteiger partial charge in [-0.25, -0.2) is 0 Å². The largest absolute Gasteiger partial charge is 0.392 e. The number of rotatable bonds is 7. The van der Waals surface area contributed by atoms with Crippen LogP contribution >= 0.6 is 0 Å². The van der Waals surface area contributed by atoms with E-state index in [0.29, 0.717) is 5.92 Å². The fraction of sp³-hybridized carbons (Fsp3) is 0.625. The monoisotopic (exact) mass is 236 g/mol. The van der Waals surface area contributed by atoms with Gasteiger partial charge in [-0.3, -0.25) is 0 Å². The van der Waals surface area contributed by atoms with Gasteiger partial charge in [0.1, 0.15) is 0 Å². The Morgan fingerprint density at radius 3 is 2.24 bits per heavy atom. The van der Waals surface area contributed by atoms with Crippen LogP contribution in [0.4, 0.5) is 0 Å². The smallest absolute Gasteiger partial charge is 0.0615 e. The first kappa shape index (κ1) is 16.2. The molecule has 0 spiro atoms. The van der Waals surface area contributed by atoms with Crippen molar-refractivity contribution in [2.75, 3.05) is 6.61 Å². The van der Waals surface area contributed by atoms with Gasteiger partial charge in [-0.2, -0.15) is 0 Å². The van der Waals surface area contributed by atoms with Crippen molar-refractivity contribution in [3.63, 3.8) is 0 Å². The second kappa shape index (κ2) is 9.23. The van der Waals surface area contributed by atoms with Crippen molar-refractivity contribution in [1.82, 2.24) is 0 Å². The van der Waals surface area contributed by atoms with E-state index in [-0.39, 0.29) is 6.61 Å². The van der Waals surface area contributed by atoms with Gasteiger partial charge in [0.25, 0.3) is 0 Å². The fourth-order valence-electron chi connectivity index (χ4n) is 1.60. The highest BCUT2D eigenvalue weighted by Gasteiger charge is 2.01. The number of aliphatic hydroxyl groups excluding tert-OH is 1. The molecule has 0 heterocycles. The quantitative estimate of drug-likeness (QED) is 0.638. The van der Waals surface area contributed by atoms with E-state index in [2.05, 4.69) is 46.8 Å². The van der Waals surface area contributed by atoms with Crippen molar-refractivity contribution < 1.29 is 5.11 Å². The average molecular weight is 236 g/mol. The molecule has 0 aromatic rings. The Bertz CT molecular complexity index is 291. The zero-order chi connectivity index (χ0) is 13.3. The Labute approximate surface area is 107 Å². The summed E-state index contributed by atoms with van der Waals surface area (Å²) in [5.41, 5.74) is 4.14. The second-order valence-corrected chi connectivity index (χ2v) is 5.14. The Kier molecular flexibility index (Phi) is 8.79. The molecule has 0 saturated carbocycles. The molecule has 0 bridgehead atoms.